The number of urea groups is 1. The lowest BCUT2D eigenvalue weighted by Crippen LogP contribution is -2.51. The third kappa shape index (κ3) is 4.04. The van der Waals surface area contributed by atoms with Crippen LogP contribution in [0.2, 0.25) is 0 Å². The Labute approximate surface area is 146 Å². The fraction of sp³-hybridized carbons (Fsp3) is 0.333. The largest absolute Gasteiger partial charge is 0.493 e. The van der Waals surface area contributed by atoms with Crippen LogP contribution < -0.4 is 20.1 Å². The van der Waals surface area contributed by atoms with E-state index in [9.17, 15) is 9.59 Å². The first-order chi connectivity index (χ1) is 12.0. The van der Waals surface area contributed by atoms with Crippen LogP contribution in [0, 0.1) is 18.3 Å². The number of ether oxygens (including phenoxy) is 3. The predicted octanol–water partition coefficient (Wildman–Crippen LogP) is 1.75. The highest BCUT2D eigenvalue weighted by Gasteiger charge is 2.39. The van der Waals surface area contributed by atoms with E-state index >= 15 is 0 Å². The van der Waals surface area contributed by atoms with Gasteiger partial charge >= 0.3 is 12.0 Å². The molecule has 0 spiro atoms. The fourth-order valence-electron chi connectivity index (χ4n) is 2.59. The van der Waals surface area contributed by atoms with E-state index in [1.165, 1.54) is 7.11 Å². The summed E-state index contributed by atoms with van der Waals surface area (Å²) in [6.07, 6.45) is 5.19. The fourth-order valence-corrected chi connectivity index (χ4v) is 2.59. The minimum atomic E-state index is -0.764. The second-order valence-electron chi connectivity index (χ2n) is 5.23. The molecule has 0 unspecified atom stereocenters. The number of carbonyl (C=O) groups excluding carboxylic acids is 2. The molecule has 2 atom stereocenters. The number of carbonyl (C=O) groups is 2. The topological polar surface area (TPSA) is 85.9 Å². The van der Waals surface area contributed by atoms with Gasteiger partial charge in [-0.15, -0.1) is 6.42 Å². The molecular formula is C18H20N2O5. The summed E-state index contributed by atoms with van der Waals surface area (Å²) in [5, 5.41) is 5.24. The maximum Gasteiger partial charge on any atom is 0.319 e. The van der Waals surface area contributed by atoms with Crippen LogP contribution in [-0.4, -0.2) is 32.3 Å². The molecule has 2 N–H and O–H groups in total. The third-order valence-electron chi connectivity index (χ3n) is 3.67. The van der Waals surface area contributed by atoms with Gasteiger partial charge in [-0.1, -0.05) is 18.6 Å². The van der Waals surface area contributed by atoms with Gasteiger partial charge in [-0.3, -0.25) is 4.79 Å². The van der Waals surface area contributed by atoms with E-state index in [1.54, 1.807) is 25.1 Å². The summed E-state index contributed by atoms with van der Waals surface area (Å²) in [6.45, 7) is 5.82. The van der Waals surface area contributed by atoms with Gasteiger partial charge in [-0.25, -0.2) is 4.79 Å². The van der Waals surface area contributed by atoms with E-state index in [0.29, 0.717) is 17.1 Å². The molecule has 1 heterocycles. The zero-order valence-electron chi connectivity index (χ0n) is 14.1. The van der Waals surface area contributed by atoms with Crippen LogP contribution in [0.4, 0.5) is 4.79 Å². The summed E-state index contributed by atoms with van der Waals surface area (Å²) >= 11 is 0. The van der Waals surface area contributed by atoms with Gasteiger partial charge in [0.05, 0.1) is 19.8 Å². The molecule has 0 radical (unpaired) electrons. The summed E-state index contributed by atoms with van der Waals surface area (Å²) in [7, 11) is 1.49. The van der Waals surface area contributed by atoms with Crippen molar-refractivity contribution < 1.29 is 23.8 Å². The summed E-state index contributed by atoms with van der Waals surface area (Å²) in [5.74, 6) is 2.05. The van der Waals surface area contributed by atoms with Gasteiger partial charge in [-0.2, -0.15) is 0 Å². The van der Waals surface area contributed by atoms with Crippen LogP contribution >= 0.6 is 0 Å². The maximum absolute atomic E-state index is 12.3. The van der Waals surface area contributed by atoms with Crippen molar-refractivity contribution in [3.05, 3.63) is 36.0 Å². The zero-order chi connectivity index (χ0) is 18.4. The average Bonchev–Trinajstić information content (AvgIpc) is 2.59. The third-order valence-corrected chi connectivity index (χ3v) is 3.67. The van der Waals surface area contributed by atoms with Crippen LogP contribution in [0.1, 0.15) is 18.5 Å². The molecule has 132 valence electrons. The SMILES string of the molecule is C#CCOc1ccc([C@H]2NC(=O)NC(=C)[C@@H]2C(=O)OCC)cc1OC. The molecule has 1 aromatic carbocycles. The van der Waals surface area contributed by atoms with Gasteiger partial charge in [0.2, 0.25) is 0 Å². The minimum absolute atomic E-state index is 0.0993. The van der Waals surface area contributed by atoms with Crippen LogP contribution in [0.15, 0.2) is 30.5 Å². The molecule has 0 aromatic heterocycles. The summed E-state index contributed by atoms with van der Waals surface area (Å²) in [4.78, 5) is 24.1. The van der Waals surface area contributed by atoms with Gasteiger partial charge in [0, 0.05) is 5.70 Å². The van der Waals surface area contributed by atoms with Gasteiger partial charge < -0.3 is 24.8 Å². The normalized spacial score (nSPS) is 19.2. The van der Waals surface area contributed by atoms with E-state index < -0.39 is 24.0 Å². The highest BCUT2D eigenvalue weighted by molar-refractivity contribution is 5.85. The lowest BCUT2D eigenvalue weighted by atomic mass is 9.89. The van der Waals surface area contributed by atoms with Crippen molar-refractivity contribution >= 4 is 12.0 Å². The molecule has 1 saturated heterocycles. The van der Waals surface area contributed by atoms with E-state index in [-0.39, 0.29) is 18.9 Å². The standard InChI is InChI=1S/C18H20N2O5/c1-5-9-25-13-8-7-12(10-14(13)23-4)16-15(17(21)24-6-2)11(3)19-18(22)20-16/h1,7-8,10,15-16H,3,6,9H2,2,4H3,(H2,19,20,22)/t15-,16+/m0/s1. The van der Waals surface area contributed by atoms with Crippen molar-refractivity contribution in [1.82, 2.24) is 10.6 Å². The summed E-state index contributed by atoms with van der Waals surface area (Å²) in [5.41, 5.74) is 0.929. The number of terminal acetylenes is 1. The van der Waals surface area contributed by atoms with E-state index in [4.69, 9.17) is 20.6 Å². The summed E-state index contributed by atoms with van der Waals surface area (Å²) < 4.78 is 15.8. The second kappa shape index (κ2) is 8.11. The quantitative estimate of drug-likeness (QED) is 0.607. The number of nitrogens with one attached hydrogen (secondary N) is 2. The summed E-state index contributed by atoms with van der Waals surface area (Å²) in [6, 6.07) is 3.99. The Morgan fingerprint density at radius 3 is 2.80 bits per heavy atom. The molecule has 25 heavy (non-hydrogen) atoms. The molecule has 1 aliphatic rings. The van der Waals surface area contributed by atoms with Gasteiger partial charge in [0.1, 0.15) is 12.5 Å². The van der Waals surface area contributed by atoms with Crippen molar-refractivity contribution in [3.63, 3.8) is 0 Å². The molecule has 7 nitrogen and oxygen atoms in total. The smallest absolute Gasteiger partial charge is 0.319 e. The Morgan fingerprint density at radius 2 is 2.16 bits per heavy atom. The number of rotatable bonds is 6. The molecule has 0 bridgehead atoms. The van der Waals surface area contributed by atoms with Gasteiger partial charge in [0.25, 0.3) is 0 Å². The first-order valence-electron chi connectivity index (χ1n) is 7.69. The first-order valence-corrected chi connectivity index (χ1v) is 7.69. The van der Waals surface area contributed by atoms with Crippen molar-refractivity contribution in [2.45, 2.75) is 13.0 Å². The first kappa shape index (κ1) is 18.2. The number of methoxy groups -OCH3 is 1. The lowest BCUT2D eigenvalue weighted by molar-refractivity contribution is -0.147. The maximum atomic E-state index is 12.3. The number of hydrogen-bond acceptors (Lipinski definition) is 5. The van der Waals surface area contributed by atoms with Crippen molar-refractivity contribution in [2.75, 3.05) is 20.3 Å². The Kier molecular flexibility index (Phi) is 5.90. The molecule has 7 heteroatoms. The number of esters is 1. The Balaban J connectivity index is 2.38. The van der Waals surface area contributed by atoms with Crippen molar-refractivity contribution in [2.24, 2.45) is 5.92 Å². The van der Waals surface area contributed by atoms with E-state index in [2.05, 4.69) is 23.1 Å². The highest BCUT2D eigenvalue weighted by atomic mass is 16.5. The van der Waals surface area contributed by atoms with Crippen LogP contribution in [-0.2, 0) is 9.53 Å². The number of amides is 2. The molecular weight excluding hydrogens is 324 g/mol. The molecule has 1 aromatic rings. The van der Waals surface area contributed by atoms with Crippen LogP contribution in [0.3, 0.4) is 0 Å². The van der Waals surface area contributed by atoms with Crippen molar-refractivity contribution in [3.8, 4) is 23.8 Å². The lowest BCUT2D eigenvalue weighted by Gasteiger charge is -2.33. The molecule has 1 fully saturated rings. The van der Waals surface area contributed by atoms with E-state index in [1.807, 2.05) is 0 Å². The Hall–Kier alpha value is -3.14. The highest BCUT2D eigenvalue weighted by Crippen LogP contribution is 2.35. The molecule has 1 aliphatic heterocycles. The number of hydrogen-bond donors (Lipinski definition) is 2. The second-order valence-corrected chi connectivity index (χ2v) is 5.23. The molecule has 2 rings (SSSR count). The van der Waals surface area contributed by atoms with Crippen LogP contribution in [0.5, 0.6) is 11.5 Å². The zero-order valence-corrected chi connectivity index (χ0v) is 14.1. The monoisotopic (exact) mass is 344 g/mol. The van der Waals surface area contributed by atoms with E-state index in [0.717, 1.165) is 0 Å². The number of benzene rings is 1. The van der Waals surface area contributed by atoms with Gasteiger partial charge in [0.15, 0.2) is 11.5 Å². The Bertz CT molecular complexity index is 723. The van der Waals surface area contributed by atoms with Crippen LogP contribution in [0.25, 0.3) is 0 Å². The molecule has 0 saturated carbocycles. The van der Waals surface area contributed by atoms with Crippen molar-refractivity contribution in [1.29, 1.82) is 0 Å². The molecule has 0 aliphatic carbocycles. The average molecular weight is 344 g/mol. The minimum Gasteiger partial charge on any atom is -0.493 e. The predicted molar refractivity (Wildman–Crippen MR) is 91.0 cm³/mol. The van der Waals surface area contributed by atoms with Gasteiger partial charge in [-0.05, 0) is 24.6 Å². The molecule has 2 amide bonds. The Morgan fingerprint density at radius 1 is 1.40 bits per heavy atom.